The first kappa shape index (κ1) is 17.1. The van der Waals surface area contributed by atoms with Crippen molar-refractivity contribution in [3.05, 3.63) is 47.1 Å². The minimum absolute atomic E-state index is 0.154. The molecular formula is C22H21F3N2S. The van der Waals surface area contributed by atoms with Crippen LogP contribution in [-0.2, 0) is 11.6 Å². The molecule has 4 aliphatic carbocycles. The highest BCUT2D eigenvalue weighted by Crippen LogP contribution is 2.60. The molecule has 4 aliphatic rings. The Bertz CT molecular complexity index is 1030. The highest BCUT2D eigenvalue weighted by Gasteiger charge is 2.52. The number of rotatable bonds is 2. The van der Waals surface area contributed by atoms with Crippen molar-refractivity contribution in [1.29, 1.82) is 0 Å². The molecule has 0 atom stereocenters. The lowest BCUT2D eigenvalue weighted by Gasteiger charge is -2.56. The minimum atomic E-state index is -4.37. The summed E-state index contributed by atoms with van der Waals surface area (Å²) in [6.45, 7) is 0. The summed E-state index contributed by atoms with van der Waals surface area (Å²) in [6, 6.07) is 5.85. The lowest BCUT2D eigenvalue weighted by molar-refractivity contribution is -0.137. The smallest absolute Gasteiger partial charge is 0.290 e. The highest BCUT2D eigenvalue weighted by molar-refractivity contribution is 7.15. The number of hydrogen-bond acceptors (Lipinski definition) is 2. The second-order valence-corrected chi connectivity index (χ2v) is 9.98. The van der Waals surface area contributed by atoms with E-state index in [2.05, 4.69) is 0 Å². The molecule has 0 aliphatic heterocycles. The molecule has 4 fully saturated rings. The number of benzene rings is 1. The van der Waals surface area contributed by atoms with E-state index in [1.165, 1.54) is 55.9 Å². The molecule has 7 rings (SSSR count). The lowest BCUT2D eigenvalue weighted by atomic mass is 9.49. The van der Waals surface area contributed by atoms with E-state index < -0.39 is 11.7 Å². The van der Waals surface area contributed by atoms with Gasteiger partial charge in [0, 0.05) is 22.6 Å². The molecule has 2 aromatic heterocycles. The topological polar surface area (TPSA) is 17.3 Å². The van der Waals surface area contributed by atoms with Crippen LogP contribution >= 0.6 is 11.3 Å². The van der Waals surface area contributed by atoms with Gasteiger partial charge in [-0.15, -0.1) is 11.3 Å². The molecule has 4 saturated carbocycles. The van der Waals surface area contributed by atoms with E-state index in [4.69, 9.17) is 4.98 Å². The van der Waals surface area contributed by atoms with Crippen LogP contribution in [0.3, 0.4) is 0 Å². The molecule has 1 aromatic carbocycles. The number of halogens is 3. The molecule has 0 radical (unpaired) electrons. The Morgan fingerprint density at radius 2 is 1.64 bits per heavy atom. The molecule has 2 heterocycles. The van der Waals surface area contributed by atoms with Crippen LogP contribution in [-0.4, -0.2) is 9.38 Å². The van der Waals surface area contributed by atoms with Crippen LogP contribution in [0.15, 0.2) is 35.8 Å². The van der Waals surface area contributed by atoms with Crippen LogP contribution < -0.4 is 0 Å². The third-order valence-corrected chi connectivity index (χ3v) is 8.14. The summed E-state index contributed by atoms with van der Waals surface area (Å²) in [7, 11) is 0. The number of aromatic nitrogens is 2. The molecule has 0 unspecified atom stereocenters. The molecule has 0 N–H and O–H groups in total. The summed E-state index contributed by atoms with van der Waals surface area (Å²) in [5, 5.41) is 1.80. The summed E-state index contributed by atoms with van der Waals surface area (Å²) in [5.41, 5.74) is 1.51. The fourth-order valence-corrected chi connectivity index (χ4v) is 7.48. The van der Waals surface area contributed by atoms with E-state index in [1.807, 2.05) is 10.6 Å². The van der Waals surface area contributed by atoms with Gasteiger partial charge in [-0.3, -0.25) is 4.40 Å². The maximum atomic E-state index is 13.5. The molecular weight excluding hydrogens is 381 g/mol. The zero-order valence-electron chi connectivity index (χ0n) is 15.4. The zero-order valence-corrected chi connectivity index (χ0v) is 16.2. The number of fused-ring (bicyclic) bond motifs is 1. The van der Waals surface area contributed by atoms with Crippen LogP contribution in [0.1, 0.15) is 49.8 Å². The summed E-state index contributed by atoms with van der Waals surface area (Å²) >= 11 is 1.44. The van der Waals surface area contributed by atoms with E-state index in [-0.39, 0.29) is 11.0 Å². The fourth-order valence-electron chi connectivity index (χ4n) is 6.61. The van der Waals surface area contributed by atoms with E-state index >= 15 is 0 Å². The SMILES string of the molecule is FC(F)(F)c1ccccc1-c1csc2nc(C34CC5CC(CC(C5)C3)C4)cn12. The maximum absolute atomic E-state index is 13.5. The van der Waals surface area contributed by atoms with Gasteiger partial charge in [0.15, 0.2) is 4.96 Å². The van der Waals surface area contributed by atoms with Gasteiger partial charge in [-0.2, -0.15) is 13.2 Å². The predicted molar refractivity (Wildman–Crippen MR) is 103 cm³/mol. The van der Waals surface area contributed by atoms with Crippen LogP contribution in [0.4, 0.5) is 13.2 Å². The van der Waals surface area contributed by atoms with Crippen molar-refractivity contribution in [3.8, 4) is 11.3 Å². The van der Waals surface area contributed by atoms with Crippen molar-refractivity contribution in [2.45, 2.75) is 50.1 Å². The molecule has 146 valence electrons. The lowest BCUT2D eigenvalue weighted by Crippen LogP contribution is -2.48. The summed E-state index contributed by atoms with van der Waals surface area (Å²) in [5.74, 6) is 2.45. The average Bonchev–Trinajstić information content (AvgIpc) is 3.21. The van der Waals surface area contributed by atoms with Gasteiger partial charge in [0.1, 0.15) is 0 Å². The number of imidazole rings is 1. The number of hydrogen-bond donors (Lipinski definition) is 0. The Morgan fingerprint density at radius 3 is 2.29 bits per heavy atom. The third kappa shape index (κ3) is 2.43. The quantitative estimate of drug-likeness (QED) is 0.475. The summed E-state index contributed by atoms with van der Waals surface area (Å²) in [6.07, 6.45) is 5.40. The second kappa shape index (κ2) is 5.62. The number of nitrogens with zero attached hydrogens (tertiary/aromatic N) is 2. The molecule has 2 nitrogen and oxygen atoms in total. The van der Waals surface area contributed by atoms with E-state index in [0.29, 0.717) is 5.69 Å². The van der Waals surface area contributed by atoms with Crippen molar-refractivity contribution in [1.82, 2.24) is 9.38 Å². The van der Waals surface area contributed by atoms with E-state index in [1.54, 1.807) is 17.5 Å². The van der Waals surface area contributed by atoms with Crippen LogP contribution in [0.2, 0.25) is 0 Å². The third-order valence-electron chi connectivity index (χ3n) is 7.30. The summed E-state index contributed by atoms with van der Waals surface area (Å²) < 4.78 is 42.5. The van der Waals surface area contributed by atoms with Crippen LogP contribution in [0, 0.1) is 17.8 Å². The molecule has 0 spiro atoms. The zero-order chi connectivity index (χ0) is 19.1. The first-order valence-corrected chi connectivity index (χ1v) is 10.9. The first-order valence-electron chi connectivity index (χ1n) is 10.0. The van der Waals surface area contributed by atoms with Gasteiger partial charge in [-0.25, -0.2) is 4.98 Å². The Balaban J connectivity index is 1.47. The van der Waals surface area contributed by atoms with Gasteiger partial charge in [0.25, 0.3) is 0 Å². The van der Waals surface area contributed by atoms with Crippen molar-refractivity contribution in [2.75, 3.05) is 0 Å². The molecule has 4 bridgehead atoms. The fraction of sp³-hybridized carbons (Fsp3) is 0.500. The van der Waals surface area contributed by atoms with E-state index in [0.717, 1.165) is 34.5 Å². The Labute approximate surface area is 165 Å². The van der Waals surface area contributed by atoms with Crippen molar-refractivity contribution in [2.24, 2.45) is 17.8 Å². The Hall–Kier alpha value is -1.82. The van der Waals surface area contributed by atoms with Gasteiger partial charge >= 0.3 is 6.18 Å². The summed E-state index contributed by atoms with van der Waals surface area (Å²) in [4.78, 5) is 5.74. The van der Waals surface area contributed by atoms with Gasteiger partial charge < -0.3 is 0 Å². The van der Waals surface area contributed by atoms with Crippen molar-refractivity contribution >= 4 is 16.3 Å². The largest absolute Gasteiger partial charge is 0.417 e. The normalized spacial score (nSPS) is 31.8. The minimum Gasteiger partial charge on any atom is -0.290 e. The predicted octanol–water partition coefficient (Wildman–Crippen LogP) is 6.55. The van der Waals surface area contributed by atoms with Gasteiger partial charge in [-0.1, -0.05) is 18.2 Å². The number of thiazole rings is 1. The van der Waals surface area contributed by atoms with Crippen LogP contribution in [0.25, 0.3) is 16.2 Å². The monoisotopic (exact) mass is 402 g/mol. The van der Waals surface area contributed by atoms with Gasteiger partial charge in [-0.05, 0) is 62.3 Å². The Morgan fingerprint density at radius 1 is 1.00 bits per heavy atom. The number of alkyl halides is 3. The van der Waals surface area contributed by atoms with E-state index in [9.17, 15) is 13.2 Å². The maximum Gasteiger partial charge on any atom is 0.417 e. The van der Waals surface area contributed by atoms with Gasteiger partial charge in [0.2, 0.25) is 0 Å². The molecule has 6 heteroatoms. The second-order valence-electron chi connectivity index (χ2n) is 9.14. The molecule has 3 aromatic rings. The van der Waals surface area contributed by atoms with Crippen molar-refractivity contribution in [3.63, 3.8) is 0 Å². The standard InChI is InChI=1S/C22H21F3N2S/c23-22(24,25)17-4-2-1-3-16(17)18-12-28-20-26-19(11-27(18)20)21-8-13-5-14(9-21)7-15(6-13)10-21/h1-4,11-15H,5-10H2. The average molecular weight is 402 g/mol. The van der Waals surface area contributed by atoms with Crippen molar-refractivity contribution < 1.29 is 13.2 Å². The molecule has 28 heavy (non-hydrogen) atoms. The molecule has 0 saturated heterocycles. The molecule has 0 amide bonds. The Kier molecular flexibility index (Phi) is 3.43. The first-order chi connectivity index (χ1) is 13.4. The van der Waals surface area contributed by atoms with Crippen LogP contribution in [0.5, 0.6) is 0 Å². The highest BCUT2D eigenvalue weighted by atomic mass is 32.1. The van der Waals surface area contributed by atoms with Gasteiger partial charge in [0.05, 0.1) is 17.0 Å².